The van der Waals surface area contributed by atoms with Crippen LogP contribution in [0.1, 0.15) is 28.8 Å². The van der Waals surface area contributed by atoms with E-state index in [0.717, 1.165) is 35.2 Å². The van der Waals surface area contributed by atoms with Crippen LogP contribution in [0.2, 0.25) is 0 Å². The molecule has 6 aromatic carbocycles. The topological polar surface area (TPSA) is 22.2 Å². The fourth-order valence-corrected chi connectivity index (χ4v) is 7.28. The number of para-hydroxylation sites is 1. The van der Waals surface area contributed by atoms with Gasteiger partial charge in [-0.3, -0.25) is 4.99 Å². The van der Waals surface area contributed by atoms with E-state index in [1.165, 1.54) is 55.3 Å². The first-order chi connectivity index (χ1) is 23.3. The van der Waals surface area contributed by atoms with Crippen LogP contribution in [0.4, 0.5) is 0 Å². The monoisotopic (exact) mass is 601 g/mol. The van der Waals surface area contributed by atoms with E-state index in [4.69, 9.17) is 4.99 Å². The third-order valence-electron chi connectivity index (χ3n) is 9.28. The van der Waals surface area contributed by atoms with Crippen molar-refractivity contribution in [1.29, 1.82) is 0 Å². The zero-order valence-corrected chi connectivity index (χ0v) is 25.9. The number of aliphatic imine (C=N–C) groups is 1. The van der Waals surface area contributed by atoms with Gasteiger partial charge in [0.2, 0.25) is 0 Å². The van der Waals surface area contributed by atoms with Crippen LogP contribution < -0.4 is 0 Å². The van der Waals surface area contributed by atoms with E-state index in [9.17, 15) is 0 Å². The van der Waals surface area contributed by atoms with Crippen molar-refractivity contribution in [1.82, 2.24) is 9.13 Å². The van der Waals surface area contributed by atoms with Crippen LogP contribution in [0.25, 0.3) is 61.3 Å². The van der Waals surface area contributed by atoms with E-state index >= 15 is 0 Å². The average molecular weight is 602 g/mol. The van der Waals surface area contributed by atoms with E-state index in [-0.39, 0.29) is 0 Å². The molecule has 0 fully saturated rings. The lowest BCUT2D eigenvalue weighted by atomic mass is 9.96. The van der Waals surface area contributed by atoms with Gasteiger partial charge in [-0.1, -0.05) is 109 Å². The van der Waals surface area contributed by atoms with Gasteiger partial charge >= 0.3 is 0 Å². The Labute approximate surface area is 274 Å². The van der Waals surface area contributed by atoms with Crippen LogP contribution in [0.5, 0.6) is 0 Å². The van der Waals surface area contributed by atoms with Gasteiger partial charge < -0.3 is 9.13 Å². The van der Waals surface area contributed by atoms with Crippen molar-refractivity contribution < 1.29 is 0 Å². The van der Waals surface area contributed by atoms with E-state index in [1.54, 1.807) is 0 Å². The zero-order chi connectivity index (χ0) is 31.2. The molecular weight excluding hydrogens is 571 g/mol. The maximum atomic E-state index is 4.79. The standard InChI is InChI=1S/C44H31N3/c1-4-15-31(16-5-1)29-45-30-32-17-14-22-35(27-32)47-41-26-13-11-24-37(41)39-28-38-36-23-10-12-25-40(36)46(34-20-8-3-9-21-34)43(38)42(44(39)47)33-18-6-2-7-19-33/h1-11,14-24,27-29H,12,25,30H2/b45-29+. The van der Waals surface area contributed by atoms with Gasteiger partial charge in [-0.15, -0.1) is 0 Å². The molecule has 0 saturated heterocycles. The summed E-state index contributed by atoms with van der Waals surface area (Å²) in [6.07, 6.45) is 8.65. The largest absolute Gasteiger partial charge is 0.312 e. The van der Waals surface area contributed by atoms with Gasteiger partial charge in [-0.2, -0.15) is 0 Å². The maximum absolute atomic E-state index is 4.79. The molecule has 0 saturated carbocycles. The second kappa shape index (κ2) is 11.4. The van der Waals surface area contributed by atoms with E-state index < -0.39 is 0 Å². The van der Waals surface area contributed by atoms with Crippen molar-refractivity contribution >= 4 is 45.0 Å². The van der Waals surface area contributed by atoms with E-state index in [0.29, 0.717) is 6.54 Å². The summed E-state index contributed by atoms with van der Waals surface area (Å²) in [6.45, 7) is 0.599. The second-order valence-electron chi connectivity index (χ2n) is 12.1. The van der Waals surface area contributed by atoms with Gasteiger partial charge in [-0.05, 0) is 78.1 Å². The lowest BCUT2D eigenvalue weighted by molar-refractivity contribution is 0.889. The minimum absolute atomic E-state index is 0.599. The lowest BCUT2D eigenvalue weighted by Crippen LogP contribution is -2.04. The Morgan fingerprint density at radius 3 is 2.26 bits per heavy atom. The highest BCUT2D eigenvalue weighted by atomic mass is 15.0. The normalized spacial score (nSPS) is 12.7. The maximum Gasteiger partial charge on any atom is 0.105 e. The van der Waals surface area contributed by atoms with E-state index in [2.05, 4.69) is 143 Å². The Kier molecular flexibility index (Phi) is 6.58. The first kappa shape index (κ1) is 27.2. The molecule has 0 radical (unpaired) electrons. The van der Waals surface area contributed by atoms with Crippen LogP contribution in [-0.2, 0) is 13.0 Å². The summed E-state index contributed by atoms with van der Waals surface area (Å²) < 4.78 is 4.91. The van der Waals surface area contributed by atoms with Crippen molar-refractivity contribution in [2.45, 2.75) is 19.4 Å². The number of nitrogens with zero attached hydrogens (tertiary/aromatic N) is 3. The van der Waals surface area contributed by atoms with Crippen molar-refractivity contribution in [2.75, 3.05) is 0 Å². The smallest absolute Gasteiger partial charge is 0.105 e. The molecule has 2 heterocycles. The number of hydrogen-bond acceptors (Lipinski definition) is 1. The lowest BCUT2D eigenvalue weighted by Gasteiger charge is -2.17. The highest BCUT2D eigenvalue weighted by molar-refractivity contribution is 6.22. The number of benzene rings is 5. The van der Waals surface area contributed by atoms with E-state index in [1.807, 2.05) is 30.5 Å². The highest BCUT2D eigenvalue weighted by Gasteiger charge is 2.26. The molecule has 3 nitrogen and oxygen atoms in total. The first-order valence-electron chi connectivity index (χ1n) is 16.2. The summed E-state index contributed by atoms with van der Waals surface area (Å²) in [5.41, 5.74) is 13.1. The fraction of sp³-hybridized carbons (Fsp3) is 0.0682. The molecule has 222 valence electrons. The third-order valence-corrected chi connectivity index (χ3v) is 9.28. The van der Waals surface area contributed by atoms with Gasteiger partial charge in [0.05, 0.1) is 17.6 Å². The molecule has 8 aromatic rings. The number of fused-ring (bicyclic) bond motifs is 6. The molecule has 0 N–H and O–H groups in total. The number of hydrogen-bond donors (Lipinski definition) is 0. The summed E-state index contributed by atoms with van der Waals surface area (Å²) in [7, 11) is 0. The second-order valence-corrected chi connectivity index (χ2v) is 12.1. The zero-order valence-electron chi connectivity index (χ0n) is 25.9. The molecule has 0 bridgehead atoms. The third kappa shape index (κ3) is 4.57. The van der Waals surface area contributed by atoms with Gasteiger partial charge in [0.1, 0.15) is 5.52 Å². The van der Waals surface area contributed by atoms with Crippen molar-refractivity contribution in [3.8, 4) is 22.5 Å². The van der Waals surface area contributed by atoms with Crippen LogP contribution in [-0.4, -0.2) is 15.3 Å². The van der Waals surface area contributed by atoms with Crippen LogP contribution >= 0.6 is 0 Å². The molecule has 47 heavy (non-hydrogen) atoms. The SMILES string of the molecule is c1ccc2c3cc4c5c(n(-c6ccccc6)c4c(-c4ccccc4)c3n(-c3cccc(C/N=C/c4ccccc4)c3)c2c#1)CCC=C5. The molecule has 9 rings (SSSR count). The number of aromatic nitrogens is 2. The molecule has 2 aromatic heterocycles. The number of rotatable bonds is 6. The van der Waals surface area contributed by atoms with Crippen LogP contribution in [0.3, 0.4) is 0 Å². The van der Waals surface area contributed by atoms with Gasteiger partial charge in [-0.25, -0.2) is 0 Å². The Hall–Kier alpha value is -6.11. The van der Waals surface area contributed by atoms with Crippen LogP contribution in [0.15, 0.2) is 145 Å². The van der Waals surface area contributed by atoms with Crippen LogP contribution in [0, 0.1) is 12.1 Å². The molecule has 0 atom stereocenters. The summed E-state index contributed by atoms with van der Waals surface area (Å²) in [6, 6.07) is 54.1. The summed E-state index contributed by atoms with van der Waals surface area (Å²) in [4.78, 5) is 4.79. The van der Waals surface area contributed by atoms with Crippen molar-refractivity contribution in [3.63, 3.8) is 0 Å². The van der Waals surface area contributed by atoms with Crippen molar-refractivity contribution in [2.24, 2.45) is 4.99 Å². The minimum atomic E-state index is 0.599. The minimum Gasteiger partial charge on any atom is -0.312 e. The molecule has 3 heteroatoms. The predicted molar refractivity (Wildman–Crippen MR) is 196 cm³/mol. The average Bonchev–Trinajstić information content (AvgIpc) is 3.65. The summed E-state index contributed by atoms with van der Waals surface area (Å²) >= 11 is 0. The molecule has 0 amide bonds. The Balaban J connectivity index is 1.37. The predicted octanol–water partition coefficient (Wildman–Crippen LogP) is 10.6. The molecule has 1 aliphatic rings. The van der Waals surface area contributed by atoms with Gasteiger partial charge in [0.15, 0.2) is 0 Å². The molecular formula is C44H31N3. The highest BCUT2D eigenvalue weighted by Crippen LogP contribution is 2.46. The Bertz CT molecular complexity index is 2460. The number of allylic oxidation sites excluding steroid dienone is 1. The quantitative estimate of drug-likeness (QED) is 0.169. The molecule has 0 spiro atoms. The Morgan fingerprint density at radius 2 is 1.43 bits per heavy atom. The molecule has 0 aliphatic heterocycles. The molecule has 0 unspecified atom stereocenters. The summed E-state index contributed by atoms with van der Waals surface area (Å²) in [5.74, 6) is 0. The Morgan fingerprint density at radius 1 is 0.681 bits per heavy atom. The summed E-state index contributed by atoms with van der Waals surface area (Å²) in [5, 5.41) is 3.67. The fourth-order valence-electron chi connectivity index (χ4n) is 7.28. The molecule has 1 aliphatic carbocycles. The van der Waals surface area contributed by atoms with Crippen molar-refractivity contribution in [3.05, 3.63) is 174 Å². The first-order valence-corrected chi connectivity index (χ1v) is 16.2. The van der Waals surface area contributed by atoms with Gasteiger partial charge in [0.25, 0.3) is 0 Å². The van der Waals surface area contributed by atoms with Gasteiger partial charge in [0, 0.05) is 50.6 Å².